The van der Waals surface area contributed by atoms with E-state index >= 15 is 0 Å². The lowest BCUT2D eigenvalue weighted by Gasteiger charge is -2.13. The molecule has 0 saturated carbocycles. The Balaban J connectivity index is 3.08. The molecule has 0 aromatic heterocycles. The fourth-order valence-electron chi connectivity index (χ4n) is 1.75. The molecule has 0 aliphatic carbocycles. The van der Waals surface area contributed by atoms with Crippen molar-refractivity contribution in [3.63, 3.8) is 0 Å². The van der Waals surface area contributed by atoms with Gasteiger partial charge in [0.2, 0.25) is 0 Å². The number of hydrogen-bond donors (Lipinski definition) is 0. The van der Waals surface area contributed by atoms with Gasteiger partial charge in [0.05, 0.1) is 12.2 Å². The second-order valence-electron chi connectivity index (χ2n) is 4.58. The Kier molecular flexibility index (Phi) is 5.36. The second-order valence-corrected chi connectivity index (χ2v) is 4.58. The molecule has 0 fully saturated rings. The first-order valence-corrected chi connectivity index (χ1v) is 6.31. The molecule has 0 saturated heterocycles. The van der Waals surface area contributed by atoms with E-state index in [1.807, 2.05) is 13.8 Å². The van der Waals surface area contributed by atoms with E-state index in [9.17, 15) is 18.0 Å². The predicted molar refractivity (Wildman–Crippen MR) is 70.9 cm³/mol. The highest BCUT2D eigenvalue weighted by atomic mass is 19.4. The maximum absolute atomic E-state index is 12.5. The molecule has 0 N–H and O–H groups in total. The molecule has 0 bridgehead atoms. The SMILES string of the molecule is CCOC(=O)/C=C(\c1ccc(C(F)(F)F)cc1)C(C)C. The average molecular weight is 286 g/mol. The van der Waals surface area contributed by atoms with Crippen molar-refractivity contribution in [1.82, 2.24) is 0 Å². The molecule has 110 valence electrons. The third-order valence-corrected chi connectivity index (χ3v) is 2.73. The van der Waals surface area contributed by atoms with E-state index in [1.54, 1.807) is 6.92 Å². The summed E-state index contributed by atoms with van der Waals surface area (Å²) in [4.78, 5) is 11.5. The van der Waals surface area contributed by atoms with Crippen LogP contribution in [-0.2, 0) is 15.7 Å². The minimum atomic E-state index is -4.36. The van der Waals surface area contributed by atoms with E-state index in [0.717, 1.165) is 12.1 Å². The minimum Gasteiger partial charge on any atom is -0.463 e. The Morgan fingerprint density at radius 1 is 1.25 bits per heavy atom. The maximum atomic E-state index is 12.5. The van der Waals surface area contributed by atoms with Gasteiger partial charge in [0.15, 0.2) is 0 Å². The number of esters is 1. The van der Waals surface area contributed by atoms with Crippen LogP contribution in [0.4, 0.5) is 13.2 Å². The van der Waals surface area contributed by atoms with Crippen molar-refractivity contribution in [3.8, 4) is 0 Å². The van der Waals surface area contributed by atoms with Crippen LogP contribution in [0.25, 0.3) is 5.57 Å². The monoisotopic (exact) mass is 286 g/mol. The van der Waals surface area contributed by atoms with Crippen LogP contribution >= 0.6 is 0 Å². The number of benzene rings is 1. The van der Waals surface area contributed by atoms with Crippen molar-refractivity contribution >= 4 is 11.5 Å². The van der Waals surface area contributed by atoms with Gasteiger partial charge in [-0.05, 0) is 36.1 Å². The van der Waals surface area contributed by atoms with Crippen LogP contribution < -0.4 is 0 Å². The third kappa shape index (κ3) is 4.40. The number of carbonyl (C=O) groups excluding carboxylic acids is 1. The van der Waals surface area contributed by atoms with Crippen LogP contribution in [0, 0.1) is 5.92 Å². The molecule has 0 aliphatic rings. The number of ether oxygens (including phenoxy) is 1. The smallest absolute Gasteiger partial charge is 0.416 e. The molecule has 2 nitrogen and oxygen atoms in total. The standard InChI is InChI=1S/C15H17F3O2/c1-4-20-14(19)9-13(10(2)3)11-5-7-12(8-6-11)15(16,17)18/h5-10H,4H2,1-3H3/b13-9-. The first-order chi connectivity index (χ1) is 9.25. The lowest BCUT2D eigenvalue weighted by Crippen LogP contribution is -2.06. The topological polar surface area (TPSA) is 26.3 Å². The molecular formula is C15H17F3O2. The van der Waals surface area contributed by atoms with Crippen LogP contribution in [0.3, 0.4) is 0 Å². The Morgan fingerprint density at radius 2 is 1.80 bits per heavy atom. The molecule has 1 aromatic rings. The maximum Gasteiger partial charge on any atom is 0.416 e. The summed E-state index contributed by atoms with van der Waals surface area (Å²) < 4.78 is 42.3. The Morgan fingerprint density at radius 3 is 2.20 bits per heavy atom. The third-order valence-electron chi connectivity index (χ3n) is 2.73. The normalized spacial score (nSPS) is 12.7. The lowest BCUT2D eigenvalue weighted by molar-refractivity contribution is -0.138. The van der Waals surface area contributed by atoms with Crippen molar-refractivity contribution in [3.05, 3.63) is 41.5 Å². The van der Waals surface area contributed by atoms with E-state index in [4.69, 9.17) is 4.74 Å². The van der Waals surface area contributed by atoms with Gasteiger partial charge in [-0.3, -0.25) is 0 Å². The van der Waals surface area contributed by atoms with Crippen LogP contribution in [0.15, 0.2) is 30.3 Å². The van der Waals surface area contributed by atoms with E-state index in [1.165, 1.54) is 18.2 Å². The fourth-order valence-corrected chi connectivity index (χ4v) is 1.75. The van der Waals surface area contributed by atoms with Crippen molar-refractivity contribution in [2.24, 2.45) is 5.92 Å². The highest BCUT2D eigenvalue weighted by Gasteiger charge is 2.30. The minimum absolute atomic E-state index is 0.00357. The van der Waals surface area contributed by atoms with Gasteiger partial charge in [-0.25, -0.2) is 4.79 Å². The van der Waals surface area contributed by atoms with Gasteiger partial charge in [0.1, 0.15) is 0 Å². The van der Waals surface area contributed by atoms with Gasteiger partial charge < -0.3 is 4.74 Å². The molecule has 0 spiro atoms. The summed E-state index contributed by atoms with van der Waals surface area (Å²) in [6.45, 7) is 5.68. The summed E-state index contributed by atoms with van der Waals surface area (Å²) in [7, 11) is 0. The molecule has 0 amide bonds. The fraction of sp³-hybridized carbons (Fsp3) is 0.400. The molecule has 0 atom stereocenters. The molecule has 20 heavy (non-hydrogen) atoms. The molecule has 1 aromatic carbocycles. The first kappa shape index (κ1) is 16.3. The predicted octanol–water partition coefficient (Wildman–Crippen LogP) is 4.31. The highest BCUT2D eigenvalue weighted by Crippen LogP contribution is 2.31. The molecule has 1 rings (SSSR count). The number of hydrogen-bond acceptors (Lipinski definition) is 2. The molecule has 5 heteroatoms. The van der Waals surface area contributed by atoms with Gasteiger partial charge in [-0.2, -0.15) is 13.2 Å². The zero-order chi connectivity index (χ0) is 15.3. The van der Waals surface area contributed by atoms with Crippen molar-refractivity contribution in [1.29, 1.82) is 0 Å². The summed E-state index contributed by atoms with van der Waals surface area (Å²) in [6.07, 6.45) is -3.03. The lowest BCUT2D eigenvalue weighted by atomic mass is 9.94. The van der Waals surface area contributed by atoms with Crippen LogP contribution in [0.5, 0.6) is 0 Å². The Labute approximate surface area is 116 Å². The van der Waals surface area contributed by atoms with Gasteiger partial charge in [-0.15, -0.1) is 0 Å². The van der Waals surface area contributed by atoms with Crippen LogP contribution in [0.2, 0.25) is 0 Å². The summed E-state index contributed by atoms with van der Waals surface area (Å²) >= 11 is 0. The highest BCUT2D eigenvalue weighted by molar-refractivity contribution is 5.91. The number of rotatable bonds is 4. The Bertz CT molecular complexity index is 485. The molecular weight excluding hydrogens is 269 g/mol. The first-order valence-electron chi connectivity index (χ1n) is 6.31. The number of allylic oxidation sites excluding steroid dienone is 1. The zero-order valence-electron chi connectivity index (χ0n) is 11.6. The number of halogens is 3. The summed E-state index contributed by atoms with van der Waals surface area (Å²) in [5, 5.41) is 0. The summed E-state index contributed by atoms with van der Waals surface area (Å²) in [5.74, 6) is -0.493. The number of carbonyl (C=O) groups is 1. The Hall–Kier alpha value is -1.78. The van der Waals surface area contributed by atoms with E-state index in [0.29, 0.717) is 11.1 Å². The van der Waals surface area contributed by atoms with E-state index < -0.39 is 17.7 Å². The summed E-state index contributed by atoms with van der Waals surface area (Å²) in [6, 6.07) is 4.76. The van der Waals surface area contributed by atoms with Crippen LogP contribution in [0.1, 0.15) is 31.9 Å². The van der Waals surface area contributed by atoms with Crippen LogP contribution in [-0.4, -0.2) is 12.6 Å². The van der Waals surface area contributed by atoms with Crippen molar-refractivity contribution < 1.29 is 22.7 Å². The summed E-state index contributed by atoms with van der Waals surface area (Å²) in [5.41, 5.74) is 0.527. The largest absolute Gasteiger partial charge is 0.463 e. The van der Waals surface area contributed by atoms with Gasteiger partial charge >= 0.3 is 12.1 Å². The molecule has 0 radical (unpaired) electrons. The quantitative estimate of drug-likeness (QED) is 0.609. The van der Waals surface area contributed by atoms with Gasteiger partial charge in [-0.1, -0.05) is 26.0 Å². The van der Waals surface area contributed by atoms with E-state index in [2.05, 4.69) is 0 Å². The average Bonchev–Trinajstić information content (AvgIpc) is 2.35. The molecule has 0 unspecified atom stereocenters. The second kappa shape index (κ2) is 6.59. The van der Waals surface area contributed by atoms with E-state index in [-0.39, 0.29) is 12.5 Å². The molecule has 0 aliphatic heterocycles. The number of alkyl halides is 3. The van der Waals surface area contributed by atoms with Crippen molar-refractivity contribution in [2.75, 3.05) is 6.61 Å². The van der Waals surface area contributed by atoms with Crippen molar-refractivity contribution in [2.45, 2.75) is 26.9 Å². The zero-order valence-corrected chi connectivity index (χ0v) is 11.6. The molecule has 0 heterocycles. The van der Waals surface area contributed by atoms with Gasteiger partial charge in [0.25, 0.3) is 0 Å². The van der Waals surface area contributed by atoms with Gasteiger partial charge in [0, 0.05) is 6.08 Å².